The zero-order valence-electron chi connectivity index (χ0n) is 29.6. The van der Waals surface area contributed by atoms with Crippen LogP contribution in [0.3, 0.4) is 0 Å². The normalized spacial score (nSPS) is 13.6. The molecule has 0 radical (unpaired) electrons. The fourth-order valence-electron chi connectivity index (χ4n) is 6.81. The Bertz CT molecular complexity index is 2510. The molecule has 53 heavy (non-hydrogen) atoms. The van der Waals surface area contributed by atoms with Crippen molar-refractivity contribution in [2.75, 3.05) is 0 Å². The minimum atomic E-state index is 0.641. The fourth-order valence-corrected chi connectivity index (χ4v) is 6.81. The van der Waals surface area contributed by atoms with Crippen LogP contribution in [0.2, 0.25) is 0 Å². The largest absolute Gasteiger partial charge is 0.305 e. The molecule has 0 saturated heterocycles. The number of hydrazone groups is 1. The topological polar surface area (TPSA) is 24.4 Å². The van der Waals surface area contributed by atoms with Gasteiger partial charge in [-0.1, -0.05) is 188 Å². The van der Waals surface area contributed by atoms with Crippen LogP contribution in [0.4, 0.5) is 0 Å². The first-order valence-corrected chi connectivity index (χ1v) is 18.2. The Labute approximate surface area is 312 Å². The Morgan fingerprint density at radius 2 is 1.02 bits per heavy atom. The lowest BCUT2D eigenvalue weighted by Gasteiger charge is -2.11. The first-order chi connectivity index (χ1) is 26.2. The van der Waals surface area contributed by atoms with E-state index in [2.05, 4.69) is 181 Å². The maximum absolute atomic E-state index is 4.82. The van der Waals surface area contributed by atoms with Crippen molar-refractivity contribution in [1.29, 1.82) is 0 Å². The highest BCUT2D eigenvalue weighted by Crippen LogP contribution is 2.28. The van der Waals surface area contributed by atoms with E-state index in [9.17, 15) is 0 Å². The lowest BCUT2D eigenvalue weighted by Crippen LogP contribution is -2.12. The van der Waals surface area contributed by atoms with Crippen LogP contribution in [0.25, 0.3) is 45.3 Å². The molecule has 1 aliphatic carbocycles. The average Bonchev–Trinajstić information content (AvgIpc) is 3.23. The van der Waals surface area contributed by atoms with Crippen molar-refractivity contribution in [3.05, 3.63) is 239 Å². The molecule has 1 aliphatic rings. The summed E-state index contributed by atoms with van der Waals surface area (Å²) in [7, 11) is 0. The first kappa shape index (κ1) is 33.4. The molecule has 0 spiro atoms. The van der Waals surface area contributed by atoms with Crippen LogP contribution in [-0.4, -0.2) is 5.71 Å². The standard InChI is InChI=1S/C51H40N2/c1-5-13-42(14-6-1)50(43-15-7-2-8-16-43)32-27-40-25-29-46-33-38(23-28-47(46)35-40)21-22-39-24-30-49-36-41(26-31-48(49)34-39)37-52-53-51(44-17-9-3-10-18-44)45-19-11-4-12-20-45/h1-15,17-36,52H,16,37H2/b22-21+,32-27+,50-43-. The van der Waals surface area contributed by atoms with E-state index in [-0.39, 0.29) is 0 Å². The van der Waals surface area contributed by atoms with E-state index >= 15 is 0 Å². The number of benzene rings is 7. The minimum Gasteiger partial charge on any atom is -0.305 e. The summed E-state index contributed by atoms with van der Waals surface area (Å²) in [6.45, 7) is 0.641. The van der Waals surface area contributed by atoms with Crippen LogP contribution < -0.4 is 5.43 Å². The van der Waals surface area contributed by atoms with Crippen molar-refractivity contribution < 1.29 is 0 Å². The van der Waals surface area contributed by atoms with Crippen molar-refractivity contribution in [1.82, 2.24) is 5.43 Å². The van der Waals surface area contributed by atoms with Crippen molar-refractivity contribution >= 4 is 51.1 Å². The number of hydrogen-bond acceptors (Lipinski definition) is 2. The van der Waals surface area contributed by atoms with Gasteiger partial charge in [0.15, 0.2) is 0 Å². The van der Waals surface area contributed by atoms with Crippen LogP contribution >= 0.6 is 0 Å². The second kappa shape index (κ2) is 16.1. The Balaban J connectivity index is 0.945. The fraction of sp³-hybridized carbons (Fsp3) is 0.0392. The summed E-state index contributed by atoms with van der Waals surface area (Å²) >= 11 is 0. The van der Waals surface area contributed by atoms with Crippen molar-refractivity contribution in [3.63, 3.8) is 0 Å². The molecule has 0 saturated carbocycles. The molecule has 0 aliphatic heterocycles. The highest BCUT2D eigenvalue weighted by Gasteiger charge is 2.08. The van der Waals surface area contributed by atoms with Crippen LogP contribution in [0.5, 0.6) is 0 Å². The van der Waals surface area contributed by atoms with Crippen LogP contribution in [0.15, 0.2) is 205 Å². The summed E-state index contributed by atoms with van der Waals surface area (Å²) in [6, 6.07) is 58.0. The lowest BCUT2D eigenvalue weighted by atomic mass is 9.94. The number of nitrogens with zero attached hydrogens (tertiary/aromatic N) is 1. The molecule has 0 bridgehead atoms. The van der Waals surface area contributed by atoms with Gasteiger partial charge in [-0.2, -0.15) is 5.10 Å². The molecule has 0 fully saturated rings. The predicted octanol–water partition coefficient (Wildman–Crippen LogP) is 12.7. The molecule has 0 aromatic heterocycles. The van der Waals surface area contributed by atoms with Crippen molar-refractivity contribution in [2.24, 2.45) is 5.10 Å². The van der Waals surface area contributed by atoms with Gasteiger partial charge in [0, 0.05) is 11.1 Å². The third kappa shape index (κ3) is 8.25. The molecule has 1 N–H and O–H groups in total. The van der Waals surface area contributed by atoms with Gasteiger partial charge in [0.2, 0.25) is 0 Å². The van der Waals surface area contributed by atoms with Gasteiger partial charge in [0.25, 0.3) is 0 Å². The van der Waals surface area contributed by atoms with Gasteiger partial charge in [-0.25, -0.2) is 0 Å². The molecule has 0 heterocycles. The molecule has 0 unspecified atom stereocenters. The molecular weight excluding hydrogens is 641 g/mol. The van der Waals surface area contributed by atoms with Gasteiger partial charge in [0.1, 0.15) is 0 Å². The predicted molar refractivity (Wildman–Crippen MR) is 227 cm³/mol. The van der Waals surface area contributed by atoms with E-state index in [0.29, 0.717) is 6.54 Å². The van der Waals surface area contributed by atoms with Crippen molar-refractivity contribution in [2.45, 2.75) is 13.0 Å². The lowest BCUT2D eigenvalue weighted by molar-refractivity contribution is 0.745. The number of rotatable bonds is 10. The Hall–Kier alpha value is -6.77. The third-order valence-electron chi connectivity index (χ3n) is 9.61. The van der Waals surface area contributed by atoms with Gasteiger partial charge in [0.05, 0.1) is 12.3 Å². The smallest absolute Gasteiger partial charge is 0.0973 e. The summed E-state index contributed by atoms with van der Waals surface area (Å²) in [6.07, 6.45) is 18.5. The third-order valence-corrected chi connectivity index (χ3v) is 9.61. The number of fused-ring (bicyclic) bond motifs is 2. The SMILES string of the molecule is C1=CC/C(=C(/C=C/c2ccc3cc(/C=C/c4ccc5cc(CNN=C(c6ccccc6)c6ccccc6)ccc5c4)ccc3c2)c2ccccc2)C=C1. The molecule has 0 atom stereocenters. The Morgan fingerprint density at radius 3 is 1.57 bits per heavy atom. The maximum atomic E-state index is 4.82. The monoisotopic (exact) mass is 680 g/mol. The van der Waals surface area contributed by atoms with Gasteiger partial charge < -0.3 is 5.43 Å². The van der Waals surface area contributed by atoms with E-state index in [4.69, 9.17) is 5.10 Å². The van der Waals surface area contributed by atoms with Gasteiger partial charge in [-0.15, -0.1) is 0 Å². The molecule has 8 rings (SSSR count). The van der Waals surface area contributed by atoms with Crippen LogP contribution in [0.1, 0.15) is 45.4 Å². The minimum absolute atomic E-state index is 0.641. The van der Waals surface area contributed by atoms with Crippen LogP contribution in [-0.2, 0) is 6.54 Å². The highest BCUT2D eigenvalue weighted by atomic mass is 15.3. The molecule has 7 aromatic carbocycles. The molecule has 2 nitrogen and oxygen atoms in total. The van der Waals surface area contributed by atoms with Gasteiger partial charge >= 0.3 is 0 Å². The van der Waals surface area contributed by atoms with E-state index in [1.54, 1.807) is 0 Å². The summed E-state index contributed by atoms with van der Waals surface area (Å²) in [4.78, 5) is 0. The van der Waals surface area contributed by atoms with E-state index in [0.717, 1.165) is 23.3 Å². The quantitative estimate of drug-likeness (QED) is 0.0868. The second-order valence-corrected chi connectivity index (χ2v) is 13.3. The number of allylic oxidation sites excluding steroid dienone is 7. The molecule has 2 heteroatoms. The molecule has 254 valence electrons. The Kier molecular flexibility index (Phi) is 10.1. The first-order valence-electron chi connectivity index (χ1n) is 18.2. The van der Waals surface area contributed by atoms with Crippen molar-refractivity contribution in [3.8, 4) is 0 Å². The van der Waals surface area contributed by atoms with Crippen LogP contribution in [0, 0.1) is 0 Å². The van der Waals surface area contributed by atoms with Gasteiger partial charge in [-0.3, -0.25) is 0 Å². The molecule has 0 amide bonds. The number of nitrogens with one attached hydrogen (secondary N) is 1. The number of hydrogen-bond donors (Lipinski definition) is 1. The van der Waals surface area contributed by atoms with E-state index in [1.807, 2.05) is 36.4 Å². The summed E-state index contributed by atoms with van der Waals surface area (Å²) in [5.41, 5.74) is 15.0. The summed E-state index contributed by atoms with van der Waals surface area (Å²) < 4.78 is 0. The zero-order chi connectivity index (χ0) is 35.7. The summed E-state index contributed by atoms with van der Waals surface area (Å²) in [5.74, 6) is 0. The summed E-state index contributed by atoms with van der Waals surface area (Å²) in [5, 5.41) is 9.72. The maximum Gasteiger partial charge on any atom is 0.0973 e. The van der Waals surface area contributed by atoms with E-state index < -0.39 is 0 Å². The molecular formula is C51H40N2. The van der Waals surface area contributed by atoms with E-state index in [1.165, 1.54) is 60.5 Å². The average molecular weight is 681 g/mol. The zero-order valence-corrected chi connectivity index (χ0v) is 29.6. The van der Waals surface area contributed by atoms with Gasteiger partial charge in [-0.05, 0) is 91.2 Å². The highest BCUT2D eigenvalue weighted by molar-refractivity contribution is 6.12. The second-order valence-electron chi connectivity index (χ2n) is 13.3. The Morgan fingerprint density at radius 1 is 0.509 bits per heavy atom. The molecule has 7 aromatic rings.